The maximum absolute atomic E-state index is 11.2. The van der Waals surface area contributed by atoms with Crippen molar-refractivity contribution in [2.45, 2.75) is 83.7 Å². The van der Waals surface area contributed by atoms with Crippen molar-refractivity contribution in [3.8, 4) is 0 Å². The van der Waals surface area contributed by atoms with Crippen LogP contribution in [0.15, 0.2) is 0 Å². The highest BCUT2D eigenvalue weighted by atomic mass is 16.4. The van der Waals surface area contributed by atoms with E-state index >= 15 is 0 Å². The standard InChI is InChI=1S/C15H29NO2/c1-3-4-11-14(15(17)18)16-12(2)13-9-7-5-6-8-10-13/h12-14,16H,3-11H2,1-2H3,(H,17,18)/t12-,14?/m1/s1. The van der Waals surface area contributed by atoms with Gasteiger partial charge in [-0.15, -0.1) is 0 Å². The van der Waals surface area contributed by atoms with Crippen molar-refractivity contribution in [2.75, 3.05) is 0 Å². The van der Waals surface area contributed by atoms with Crippen LogP contribution in [0, 0.1) is 5.92 Å². The van der Waals surface area contributed by atoms with Crippen LogP contribution in [-0.2, 0) is 4.79 Å². The fourth-order valence-electron chi connectivity index (χ4n) is 2.95. The van der Waals surface area contributed by atoms with Crippen molar-refractivity contribution in [3.05, 3.63) is 0 Å². The molecule has 1 saturated carbocycles. The first-order valence-electron chi connectivity index (χ1n) is 7.64. The molecule has 0 aromatic carbocycles. The zero-order chi connectivity index (χ0) is 13.4. The van der Waals surface area contributed by atoms with Gasteiger partial charge in [0.1, 0.15) is 6.04 Å². The summed E-state index contributed by atoms with van der Waals surface area (Å²) < 4.78 is 0. The molecule has 1 aliphatic rings. The lowest BCUT2D eigenvalue weighted by molar-refractivity contribution is -0.140. The quantitative estimate of drug-likeness (QED) is 0.684. The lowest BCUT2D eigenvalue weighted by atomic mass is 9.92. The molecule has 3 heteroatoms. The minimum absolute atomic E-state index is 0.334. The predicted molar refractivity (Wildman–Crippen MR) is 74.7 cm³/mol. The fourth-order valence-corrected chi connectivity index (χ4v) is 2.95. The van der Waals surface area contributed by atoms with Crippen molar-refractivity contribution in [1.29, 1.82) is 0 Å². The lowest BCUT2D eigenvalue weighted by Gasteiger charge is -2.27. The van der Waals surface area contributed by atoms with Crippen molar-refractivity contribution >= 4 is 5.97 Å². The van der Waals surface area contributed by atoms with Crippen LogP contribution in [0.1, 0.15) is 71.6 Å². The van der Waals surface area contributed by atoms with Crippen molar-refractivity contribution in [3.63, 3.8) is 0 Å². The summed E-state index contributed by atoms with van der Waals surface area (Å²) >= 11 is 0. The summed E-state index contributed by atoms with van der Waals surface area (Å²) in [4.78, 5) is 11.2. The van der Waals surface area contributed by atoms with E-state index in [9.17, 15) is 9.90 Å². The highest BCUT2D eigenvalue weighted by molar-refractivity contribution is 5.73. The molecule has 3 nitrogen and oxygen atoms in total. The molecule has 0 amide bonds. The molecule has 2 atom stereocenters. The van der Waals surface area contributed by atoms with Gasteiger partial charge in [0.25, 0.3) is 0 Å². The third-order valence-corrected chi connectivity index (χ3v) is 4.22. The van der Waals surface area contributed by atoms with Crippen molar-refractivity contribution in [2.24, 2.45) is 5.92 Å². The van der Waals surface area contributed by atoms with Crippen molar-refractivity contribution in [1.82, 2.24) is 5.32 Å². The first kappa shape index (κ1) is 15.5. The van der Waals surface area contributed by atoms with Gasteiger partial charge in [-0.05, 0) is 32.1 Å². The van der Waals surface area contributed by atoms with Gasteiger partial charge in [-0.3, -0.25) is 4.79 Å². The Morgan fingerprint density at radius 1 is 1.28 bits per heavy atom. The molecule has 2 N–H and O–H groups in total. The summed E-state index contributed by atoms with van der Waals surface area (Å²) in [5.41, 5.74) is 0. The summed E-state index contributed by atoms with van der Waals surface area (Å²) in [5.74, 6) is -0.0279. The molecule has 1 unspecified atom stereocenters. The summed E-state index contributed by atoms with van der Waals surface area (Å²) in [5, 5.41) is 12.6. The Bertz CT molecular complexity index is 235. The van der Waals surface area contributed by atoms with Gasteiger partial charge >= 0.3 is 5.97 Å². The van der Waals surface area contributed by atoms with Gasteiger partial charge in [-0.25, -0.2) is 0 Å². The third kappa shape index (κ3) is 5.38. The Labute approximate surface area is 111 Å². The molecule has 0 spiro atoms. The molecule has 18 heavy (non-hydrogen) atoms. The number of nitrogens with one attached hydrogen (secondary N) is 1. The number of hydrogen-bond donors (Lipinski definition) is 2. The normalized spacial score (nSPS) is 21.2. The van der Waals surface area contributed by atoms with E-state index in [0.717, 1.165) is 19.3 Å². The van der Waals surface area contributed by atoms with Crippen LogP contribution in [0.2, 0.25) is 0 Å². The molecule has 0 saturated heterocycles. The number of unbranched alkanes of at least 4 members (excludes halogenated alkanes) is 1. The Kier molecular flexibility index (Phi) is 7.33. The number of carboxylic acid groups (broad SMARTS) is 1. The van der Waals surface area contributed by atoms with Crippen LogP contribution in [0.4, 0.5) is 0 Å². The van der Waals surface area contributed by atoms with E-state index < -0.39 is 5.97 Å². The van der Waals surface area contributed by atoms with E-state index in [4.69, 9.17) is 0 Å². The average Bonchev–Trinajstić information content (AvgIpc) is 2.62. The number of carboxylic acids is 1. The zero-order valence-electron chi connectivity index (χ0n) is 12.0. The summed E-state index contributed by atoms with van der Waals surface area (Å²) in [7, 11) is 0. The number of aliphatic carboxylic acids is 1. The van der Waals surface area contributed by atoms with E-state index in [1.54, 1.807) is 0 Å². The maximum atomic E-state index is 11.2. The Balaban J connectivity index is 2.42. The summed E-state index contributed by atoms with van der Waals surface area (Å²) in [6, 6.07) is -0.0238. The smallest absolute Gasteiger partial charge is 0.320 e. The molecule has 1 aliphatic carbocycles. The third-order valence-electron chi connectivity index (χ3n) is 4.22. The monoisotopic (exact) mass is 255 g/mol. The van der Waals surface area contributed by atoms with Crippen LogP contribution in [0.25, 0.3) is 0 Å². The van der Waals surface area contributed by atoms with Gasteiger partial charge < -0.3 is 10.4 Å². The average molecular weight is 255 g/mol. The Hall–Kier alpha value is -0.570. The van der Waals surface area contributed by atoms with Gasteiger partial charge in [0.2, 0.25) is 0 Å². The van der Waals surface area contributed by atoms with E-state index in [-0.39, 0.29) is 6.04 Å². The molecule has 0 aromatic rings. The Morgan fingerprint density at radius 2 is 1.89 bits per heavy atom. The Morgan fingerprint density at radius 3 is 2.39 bits per heavy atom. The first-order valence-corrected chi connectivity index (χ1v) is 7.64. The fraction of sp³-hybridized carbons (Fsp3) is 0.933. The van der Waals surface area contributed by atoms with Crippen LogP contribution in [0.3, 0.4) is 0 Å². The molecular weight excluding hydrogens is 226 g/mol. The van der Waals surface area contributed by atoms with Gasteiger partial charge in [0.05, 0.1) is 0 Å². The number of carbonyl (C=O) groups is 1. The molecule has 106 valence electrons. The minimum atomic E-state index is -0.691. The zero-order valence-corrected chi connectivity index (χ0v) is 12.0. The van der Waals surface area contributed by atoms with E-state index in [1.165, 1.54) is 38.5 Å². The molecule has 0 bridgehead atoms. The number of rotatable bonds is 7. The number of hydrogen-bond acceptors (Lipinski definition) is 2. The second-order valence-corrected chi connectivity index (χ2v) is 5.74. The van der Waals surface area contributed by atoms with Gasteiger partial charge in [-0.1, -0.05) is 45.4 Å². The largest absolute Gasteiger partial charge is 0.480 e. The van der Waals surface area contributed by atoms with Crippen LogP contribution < -0.4 is 5.32 Å². The second kappa shape index (κ2) is 8.52. The topological polar surface area (TPSA) is 49.3 Å². The summed E-state index contributed by atoms with van der Waals surface area (Å²) in [6.45, 7) is 4.27. The maximum Gasteiger partial charge on any atom is 0.320 e. The van der Waals surface area contributed by atoms with Crippen LogP contribution >= 0.6 is 0 Å². The highest BCUT2D eigenvalue weighted by Gasteiger charge is 2.24. The van der Waals surface area contributed by atoms with Gasteiger partial charge in [-0.2, -0.15) is 0 Å². The first-order chi connectivity index (χ1) is 8.65. The predicted octanol–water partition coefficient (Wildman–Crippen LogP) is 3.58. The van der Waals surface area contributed by atoms with Crippen molar-refractivity contribution < 1.29 is 9.90 Å². The highest BCUT2D eigenvalue weighted by Crippen LogP contribution is 2.25. The van der Waals surface area contributed by atoms with E-state index in [0.29, 0.717) is 12.0 Å². The van der Waals surface area contributed by atoms with E-state index in [1.807, 2.05) is 0 Å². The molecule has 0 aliphatic heterocycles. The van der Waals surface area contributed by atoms with Crippen LogP contribution in [-0.4, -0.2) is 23.2 Å². The lowest BCUT2D eigenvalue weighted by Crippen LogP contribution is -2.45. The minimum Gasteiger partial charge on any atom is -0.480 e. The SMILES string of the molecule is CCCCC(N[C@H](C)C1CCCCCC1)C(=O)O. The molecular formula is C15H29NO2. The molecule has 0 radical (unpaired) electrons. The molecule has 1 fully saturated rings. The molecule has 0 heterocycles. The second-order valence-electron chi connectivity index (χ2n) is 5.74. The molecule has 0 aromatic heterocycles. The van der Waals surface area contributed by atoms with Crippen LogP contribution in [0.5, 0.6) is 0 Å². The van der Waals surface area contributed by atoms with Gasteiger partial charge in [0.15, 0.2) is 0 Å². The van der Waals surface area contributed by atoms with Gasteiger partial charge in [0, 0.05) is 6.04 Å². The summed E-state index contributed by atoms with van der Waals surface area (Å²) in [6.07, 6.45) is 10.6. The molecule has 1 rings (SSSR count). The van der Waals surface area contributed by atoms with E-state index in [2.05, 4.69) is 19.2 Å².